The first-order valence-electron chi connectivity index (χ1n) is 8.30. The van der Waals surface area contributed by atoms with Gasteiger partial charge in [-0.3, -0.25) is 4.79 Å². The molecule has 0 bridgehead atoms. The second-order valence-electron chi connectivity index (χ2n) is 7.08. The van der Waals surface area contributed by atoms with Gasteiger partial charge >= 0.3 is 0 Å². The van der Waals surface area contributed by atoms with E-state index in [-0.39, 0.29) is 17.9 Å². The highest BCUT2D eigenvalue weighted by Crippen LogP contribution is 2.28. The number of piperidine rings is 1. The number of likely N-dealkylation sites (tertiary alicyclic amines) is 1. The van der Waals surface area contributed by atoms with Crippen LogP contribution in [-0.4, -0.2) is 43.0 Å². The van der Waals surface area contributed by atoms with Crippen LogP contribution in [-0.2, 0) is 4.79 Å². The van der Waals surface area contributed by atoms with E-state index in [2.05, 4.69) is 24.1 Å². The number of nitrogens with zero attached hydrogens (tertiary/aromatic N) is 1. The van der Waals surface area contributed by atoms with Crippen molar-refractivity contribution in [2.75, 3.05) is 26.2 Å². The van der Waals surface area contributed by atoms with Gasteiger partial charge < -0.3 is 16.0 Å². The molecule has 1 aliphatic heterocycles. The molecular formula is C16H31N3O. The zero-order valence-corrected chi connectivity index (χ0v) is 13.1. The van der Waals surface area contributed by atoms with Gasteiger partial charge in [0.05, 0.1) is 0 Å². The summed E-state index contributed by atoms with van der Waals surface area (Å²) in [6.07, 6.45) is 5.51. The van der Waals surface area contributed by atoms with E-state index in [0.717, 1.165) is 38.3 Å². The summed E-state index contributed by atoms with van der Waals surface area (Å²) in [6.45, 7) is 8.67. The number of carbonyl (C=O) groups excluding carboxylic acids is 1. The van der Waals surface area contributed by atoms with E-state index < -0.39 is 0 Å². The number of carbonyl (C=O) groups is 1. The third-order valence-electron chi connectivity index (χ3n) is 4.95. The van der Waals surface area contributed by atoms with Crippen LogP contribution in [0, 0.1) is 17.8 Å². The molecule has 4 heteroatoms. The van der Waals surface area contributed by atoms with Crippen LogP contribution >= 0.6 is 0 Å². The fourth-order valence-corrected chi connectivity index (χ4v) is 3.64. The molecule has 1 aliphatic carbocycles. The fourth-order valence-electron chi connectivity index (χ4n) is 3.64. The van der Waals surface area contributed by atoms with Gasteiger partial charge in [0, 0.05) is 25.0 Å². The predicted molar refractivity (Wildman–Crippen MR) is 82.3 cm³/mol. The summed E-state index contributed by atoms with van der Waals surface area (Å²) in [7, 11) is 0. The van der Waals surface area contributed by atoms with Crippen LogP contribution in [0.3, 0.4) is 0 Å². The highest BCUT2D eigenvalue weighted by atomic mass is 16.1. The average Bonchev–Trinajstić information content (AvgIpc) is 2.40. The summed E-state index contributed by atoms with van der Waals surface area (Å²) >= 11 is 0. The number of nitrogens with two attached hydrogens (primary N) is 1. The van der Waals surface area contributed by atoms with Crippen LogP contribution < -0.4 is 11.1 Å². The summed E-state index contributed by atoms with van der Waals surface area (Å²) in [5.41, 5.74) is 6.02. The normalized spacial score (nSPS) is 33.0. The van der Waals surface area contributed by atoms with E-state index in [1.807, 2.05) is 0 Å². The van der Waals surface area contributed by atoms with E-state index in [0.29, 0.717) is 5.92 Å². The molecule has 1 saturated heterocycles. The van der Waals surface area contributed by atoms with Crippen LogP contribution in [0.1, 0.15) is 46.0 Å². The SMILES string of the molecule is CC1CCN(CCNC(=O)C2CC(C)CC(N)C2)CC1. The minimum absolute atomic E-state index is 0.134. The lowest BCUT2D eigenvalue weighted by molar-refractivity contribution is -0.126. The van der Waals surface area contributed by atoms with Crippen molar-refractivity contribution in [3.8, 4) is 0 Å². The third kappa shape index (κ3) is 4.74. The quantitative estimate of drug-likeness (QED) is 0.823. The first-order chi connectivity index (χ1) is 9.54. The average molecular weight is 281 g/mol. The Kier molecular flexibility index (Phi) is 5.85. The monoisotopic (exact) mass is 281 g/mol. The number of amides is 1. The Bertz CT molecular complexity index is 303. The van der Waals surface area contributed by atoms with Crippen LogP contribution in [0.25, 0.3) is 0 Å². The number of nitrogens with one attached hydrogen (secondary N) is 1. The smallest absolute Gasteiger partial charge is 0.223 e. The second kappa shape index (κ2) is 7.41. The van der Waals surface area contributed by atoms with Crippen LogP contribution in [0.2, 0.25) is 0 Å². The van der Waals surface area contributed by atoms with Gasteiger partial charge in [-0.15, -0.1) is 0 Å². The summed E-state index contributed by atoms with van der Waals surface area (Å²) in [5.74, 6) is 1.80. The standard InChI is InChI=1S/C16H31N3O/c1-12-3-6-19(7-4-12)8-5-18-16(20)14-9-13(2)10-15(17)11-14/h12-15H,3-11,17H2,1-2H3,(H,18,20). The third-order valence-corrected chi connectivity index (χ3v) is 4.95. The number of hydrogen-bond donors (Lipinski definition) is 2. The van der Waals surface area contributed by atoms with Crippen molar-refractivity contribution in [3.63, 3.8) is 0 Å². The molecule has 2 aliphatic rings. The van der Waals surface area contributed by atoms with Crippen molar-refractivity contribution in [1.29, 1.82) is 0 Å². The molecule has 2 rings (SSSR count). The van der Waals surface area contributed by atoms with Gasteiger partial charge in [0.25, 0.3) is 0 Å². The van der Waals surface area contributed by atoms with Gasteiger partial charge in [0.2, 0.25) is 5.91 Å². The Hall–Kier alpha value is -0.610. The fraction of sp³-hybridized carbons (Fsp3) is 0.938. The lowest BCUT2D eigenvalue weighted by Gasteiger charge is -2.32. The van der Waals surface area contributed by atoms with Gasteiger partial charge in [-0.05, 0) is 57.0 Å². The summed E-state index contributed by atoms with van der Waals surface area (Å²) in [4.78, 5) is 14.7. The van der Waals surface area contributed by atoms with E-state index in [4.69, 9.17) is 5.73 Å². The molecule has 0 aromatic carbocycles. The van der Waals surface area contributed by atoms with Crippen molar-refractivity contribution in [2.24, 2.45) is 23.5 Å². The van der Waals surface area contributed by atoms with Gasteiger partial charge in [-0.2, -0.15) is 0 Å². The van der Waals surface area contributed by atoms with Crippen molar-refractivity contribution in [1.82, 2.24) is 10.2 Å². The zero-order valence-electron chi connectivity index (χ0n) is 13.1. The molecule has 0 aromatic heterocycles. The van der Waals surface area contributed by atoms with Crippen molar-refractivity contribution in [3.05, 3.63) is 0 Å². The van der Waals surface area contributed by atoms with E-state index in [1.165, 1.54) is 25.9 Å². The molecule has 1 amide bonds. The lowest BCUT2D eigenvalue weighted by Crippen LogP contribution is -2.43. The molecule has 0 radical (unpaired) electrons. The van der Waals surface area contributed by atoms with Gasteiger partial charge in [-0.25, -0.2) is 0 Å². The Morgan fingerprint density at radius 2 is 1.85 bits per heavy atom. The maximum Gasteiger partial charge on any atom is 0.223 e. The minimum Gasteiger partial charge on any atom is -0.355 e. The summed E-state index contributed by atoms with van der Waals surface area (Å²) in [5, 5.41) is 3.12. The van der Waals surface area contributed by atoms with Gasteiger partial charge in [0.15, 0.2) is 0 Å². The molecular weight excluding hydrogens is 250 g/mol. The molecule has 1 heterocycles. The largest absolute Gasteiger partial charge is 0.355 e. The molecule has 4 nitrogen and oxygen atoms in total. The highest BCUT2D eigenvalue weighted by molar-refractivity contribution is 5.78. The van der Waals surface area contributed by atoms with Gasteiger partial charge in [-0.1, -0.05) is 13.8 Å². The maximum absolute atomic E-state index is 12.2. The minimum atomic E-state index is 0.134. The van der Waals surface area contributed by atoms with Crippen LogP contribution in [0.5, 0.6) is 0 Å². The summed E-state index contributed by atoms with van der Waals surface area (Å²) in [6, 6.07) is 0.207. The molecule has 1 saturated carbocycles. The van der Waals surface area contributed by atoms with Gasteiger partial charge in [0.1, 0.15) is 0 Å². The lowest BCUT2D eigenvalue weighted by atomic mass is 9.79. The Labute approximate surface area is 123 Å². The molecule has 2 fully saturated rings. The Morgan fingerprint density at radius 1 is 1.15 bits per heavy atom. The number of hydrogen-bond acceptors (Lipinski definition) is 3. The van der Waals surface area contributed by atoms with Crippen LogP contribution in [0.4, 0.5) is 0 Å². The molecule has 116 valence electrons. The predicted octanol–water partition coefficient (Wildman–Crippen LogP) is 1.60. The molecule has 3 unspecified atom stereocenters. The first-order valence-corrected chi connectivity index (χ1v) is 8.30. The zero-order chi connectivity index (χ0) is 14.5. The maximum atomic E-state index is 12.2. The highest BCUT2D eigenvalue weighted by Gasteiger charge is 2.29. The van der Waals surface area contributed by atoms with E-state index in [9.17, 15) is 4.79 Å². The molecule has 0 spiro atoms. The molecule has 0 aromatic rings. The number of rotatable bonds is 4. The second-order valence-corrected chi connectivity index (χ2v) is 7.08. The van der Waals surface area contributed by atoms with Crippen molar-refractivity contribution < 1.29 is 4.79 Å². The molecule has 3 atom stereocenters. The Morgan fingerprint density at radius 3 is 2.50 bits per heavy atom. The van der Waals surface area contributed by atoms with E-state index in [1.54, 1.807) is 0 Å². The first kappa shape index (κ1) is 15.8. The van der Waals surface area contributed by atoms with E-state index >= 15 is 0 Å². The van der Waals surface area contributed by atoms with Crippen molar-refractivity contribution in [2.45, 2.75) is 52.0 Å². The molecule has 20 heavy (non-hydrogen) atoms. The topological polar surface area (TPSA) is 58.4 Å². The summed E-state index contributed by atoms with van der Waals surface area (Å²) < 4.78 is 0. The van der Waals surface area contributed by atoms with Crippen LogP contribution in [0.15, 0.2) is 0 Å². The van der Waals surface area contributed by atoms with Crippen molar-refractivity contribution >= 4 is 5.91 Å². The Balaban J connectivity index is 1.64. The molecule has 3 N–H and O–H groups in total.